The number of carboxylic acids is 3. The van der Waals surface area contributed by atoms with Crippen molar-refractivity contribution in [1.82, 2.24) is 9.97 Å². The minimum absolute atomic E-state index is 0.00236. The molecule has 0 amide bonds. The van der Waals surface area contributed by atoms with Crippen LogP contribution in [0.15, 0.2) is 12.4 Å². The zero-order chi connectivity index (χ0) is 28.9. The molecule has 0 aliphatic rings. The molecule has 14 heteroatoms. The van der Waals surface area contributed by atoms with E-state index in [-0.39, 0.29) is 75.8 Å². The van der Waals surface area contributed by atoms with Crippen molar-refractivity contribution in [2.45, 2.75) is 94.2 Å². The molecule has 0 spiro atoms. The largest absolute Gasteiger partial charge is 0.481 e. The highest BCUT2D eigenvalue weighted by Crippen LogP contribution is 2.42. The third kappa shape index (κ3) is 9.85. The Balaban J connectivity index is 3.13. The highest BCUT2D eigenvalue weighted by Gasteiger charge is 2.54. The third-order valence-electron chi connectivity index (χ3n) is 6.31. The van der Waals surface area contributed by atoms with Crippen LogP contribution in [0.5, 0.6) is 0 Å². The van der Waals surface area contributed by atoms with Crippen molar-refractivity contribution in [3.63, 3.8) is 0 Å². The lowest BCUT2D eigenvalue weighted by atomic mass is 9.71. The van der Waals surface area contributed by atoms with Crippen molar-refractivity contribution in [3.05, 3.63) is 23.8 Å². The standard InChI is InChI=1S/C24H38N2O12/c1-15(28)23(36,8-2-5-20(30)31)24(37,9-3-6-21(32)33)19-13-25-16(12-26-19)11-17(29)18(14-27)38-10-4-7-22(34)35/h12-13,15,17-18,27-29,36-37H,2-11,14H2,1H3,(H,30,31)(H,32,33)(H,34,35)/t15-,17-,18-,23-,24?/m0/s1. The Bertz CT molecular complexity index is 897. The molecule has 1 rings (SSSR count). The Kier molecular flexibility index (Phi) is 13.7. The van der Waals surface area contributed by atoms with E-state index in [0.717, 1.165) is 6.20 Å². The molecular formula is C24H38N2O12. The predicted octanol–water partition coefficient (Wildman–Crippen LogP) is -0.568. The molecule has 0 radical (unpaired) electrons. The van der Waals surface area contributed by atoms with E-state index in [4.69, 9.17) is 20.1 Å². The molecular weight excluding hydrogens is 508 g/mol. The van der Waals surface area contributed by atoms with Gasteiger partial charge in [-0.2, -0.15) is 0 Å². The molecule has 0 bridgehead atoms. The van der Waals surface area contributed by atoms with Crippen molar-refractivity contribution < 1.29 is 60.0 Å². The number of aliphatic hydroxyl groups excluding tert-OH is 3. The summed E-state index contributed by atoms with van der Waals surface area (Å²) in [6.45, 7) is 0.676. The monoisotopic (exact) mass is 546 g/mol. The van der Waals surface area contributed by atoms with Gasteiger partial charge in [-0.1, -0.05) is 0 Å². The van der Waals surface area contributed by atoms with Gasteiger partial charge in [0.2, 0.25) is 0 Å². The number of carboxylic acid groups (broad SMARTS) is 3. The minimum atomic E-state index is -2.29. The van der Waals surface area contributed by atoms with E-state index in [0.29, 0.717) is 0 Å². The van der Waals surface area contributed by atoms with Crippen molar-refractivity contribution in [3.8, 4) is 0 Å². The number of aliphatic carboxylic acids is 3. The van der Waals surface area contributed by atoms with Gasteiger partial charge in [0, 0.05) is 38.5 Å². The quantitative estimate of drug-likeness (QED) is 0.0954. The Hall–Kier alpha value is -2.75. The van der Waals surface area contributed by atoms with E-state index in [1.165, 1.54) is 13.1 Å². The van der Waals surface area contributed by atoms with Gasteiger partial charge < -0.3 is 45.6 Å². The summed E-state index contributed by atoms with van der Waals surface area (Å²) < 4.78 is 5.34. The first-order valence-electron chi connectivity index (χ1n) is 12.3. The van der Waals surface area contributed by atoms with Crippen LogP contribution in [0.4, 0.5) is 0 Å². The first-order chi connectivity index (χ1) is 17.8. The van der Waals surface area contributed by atoms with E-state index >= 15 is 0 Å². The summed E-state index contributed by atoms with van der Waals surface area (Å²) >= 11 is 0. The smallest absolute Gasteiger partial charge is 0.303 e. The van der Waals surface area contributed by atoms with Crippen LogP contribution in [0.3, 0.4) is 0 Å². The molecule has 1 aromatic rings. The molecule has 0 saturated heterocycles. The molecule has 0 aliphatic carbocycles. The van der Waals surface area contributed by atoms with Gasteiger partial charge in [0.25, 0.3) is 0 Å². The maximum atomic E-state index is 11.6. The van der Waals surface area contributed by atoms with E-state index < -0.39 is 54.0 Å². The van der Waals surface area contributed by atoms with Gasteiger partial charge in [-0.05, 0) is 39.0 Å². The molecule has 14 nitrogen and oxygen atoms in total. The zero-order valence-corrected chi connectivity index (χ0v) is 21.3. The maximum absolute atomic E-state index is 11.6. The van der Waals surface area contributed by atoms with Crippen LogP contribution in [0.1, 0.15) is 69.7 Å². The molecule has 38 heavy (non-hydrogen) atoms. The predicted molar refractivity (Wildman–Crippen MR) is 129 cm³/mol. The lowest BCUT2D eigenvalue weighted by Gasteiger charge is -2.45. The number of hydrogen-bond donors (Lipinski definition) is 8. The fraction of sp³-hybridized carbons (Fsp3) is 0.708. The third-order valence-corrected chi connectivity index (χ3v) is 6.31. The van der Waals surface area contributed by atoms with Crippen LogP contribution >= 0.6 is 0 Å². The molecule has 216 valence electrons. The summed E-state index contributed by atoms with van der Waals surface area (Å²) in [4.78, 5) is 40.9. The normalized spacial score (nSPS) is 17.1. The Labute approximate surface area is 219 Å². The molecule has 0 fully saturated rings. The number of aliphatic hydroxyl groups is 5. The Morgan fingerprint density at radius 3 is 1.92 bits per heavy atom. The van der Waals surface area contributed by atoms with Gasteiger partial charge in [0.05, 0.1) is 36.4 Å². The zero-order valence-electron chi connectivity index (χ0n) is 21.3. The highest BCUT2D eigenvalue weighted by molar-refractivity contribution is 5.67. The molecule has 0 aliphatic heterocycles. The van der Waals surface area contributed by atoms with E-state index in [1.54, 1.807) is 0 Å². The number of carbonyl (C=O) groups is 3. The summed E-state index contributed by atoms with van der Waals surface area (Å²) in [5, 5.41) is 79.9. The fourth-order valence-corrected chi connectivity index (χ4v) is 4.10. The van der Waals surface area contributed by atoms with Crippen LogP contribution in [-0.4, -0.2) is 106 Å². The minimum Gasteiger partial charge on any atom is -0.481 e. The topological polar surface area (TPSA) is 248 Å². The molecule has 1 heterocycles. The first kappa shape index (κ1) is 33.3. The highest BCUT2D eigenvalue weighted by atomic mass is 16.5. The van der Waals surface area contributed by atoms with E-state index in [1.807, 2.05) is 0 Å². The van der Waals surface area contributed by atoms with Crippen molar-refractivity contribution in [1.29, 1.82) is 0 Å². The average Bonchev–Trinajstić information content (AvgIpc) is 2.83. The van der Waals surface area contributed by atoms with Gasteiger partial charge in [0.15, 0.2) is 0 Å². The molecule has 1 unspecified atom stereocenters. The van der Waals surface area contributed by atoms with Crippen LogP contribution in [-0.2, 0) is 31.1 Å². The SMILES string of the molecule is C[C@H](O)[C@@](O)(CCCC(=O)O)C(O)(CCCC(=O)O)c1cnc(C[C@H](O)[C@H](CO)OCCCC(=O)O)cn1. The van der Waals surface area contributed by atoms with Gasteiger partial charge in [-0.3, -0.25) is 24.4 Å². The fourth-order valence-electron chi connectivity index (χ4n) is 4.10. The summed E-state index contributed by atoms with van der Waals surface area (Å²) in [5.41, 5.74) is -4.56. The average molecular weight is 547 g/mol. The second kappa shape index (κ2) is 15.6. The Morgan fingerprint density at radius 2 is 1.45 bits per heavy atom. The van der Waals surface area contributed by atoms with Crippen LogP contribution in [0.2, 0.25) is 0 Å². The Morgan fingerprint density at radius 1 is 0.895 bits per heavy atom. The maximum Gasteiger partial charge on any atom is 0.303 e. The summed E-state index contributed by atoms with van der Waals surface area (Å²) in [6.07, 6.45) is -3.13. The van der Waals surface area contributed by atoms with Gasteiger partial charge >= 0.3 is 17.9 Å². The number of aromatic nitrogens is 2. The van der Waals surface area contributed by atoms with Gasteiger partial charge in [-0.15, -0.1) is 0 Å². The summed E-state index contributed by atoms with van der Waals surface area (Å²) in [6, 6.07) is 0. The summed E-state index contributed by atoms with van der Waals surface area (Å²) in [7, 11) is 0. The van der Waals surface area contributed by atoms with Crippen molar-refractivity contribution in [2.24, 2.45) is 0 Å². The first-order valence-corrected chi connectivity index (χ1v) is 12.3. The second-order valence-corrected chi connectivity index (χ2v) is 9.21. The summed E-state index contributed by atoms with van der Waals surface area (Å²) in [5.74, 6) is -3.28. The van der Waals surface area contributed by atoms with Crippen molar-refractivity contribution in [2.75, 3.05) is 13.2 Å². The molecule has 1 aromatic heterocycles. The molecule has 5 atom stereocenters. The number of hydrogen-bond acceptors (Lipinski definition) is 11. The molecule has 8 N–H and O–H groups in total. The number of nitrogens with zero attached hydrogens (tertiary/aromatic N) is 2. The molecule has 0 aromatic carbocycles. The second-order valence-electron chi connectivity index (χ2n) is 9.21. The number of ether oxygens (including phenoxy) is 1. The van der Waals surface area contributed by atoms with Crippen molar-refractivity contribution >= 4 is 17.9 Å². The van der Waals surface area contributed by atoms with E-state index in [2.05, 4.69) is 9.97 Å². The lowest BCUT2D eigenvalue weighted by Crippen LogP contribution is -2.59. The number of rotatable bonds is 20. The van der Waals surface area contributed by atoms with Crippen LogP contribution in [0, 0.1) is 0 Å². The van der Waals surface area contributed by atoms with Gasteiger partial charge in [-0.25, -0.2) is 0 Å². The van der Waals surface area contributed by atoms with Gasteiger partial charge in [0.1, 0.15) is 17.3 Å². The van der Waals surface area contributed by atoms with Crippen LogP contribution < -0.4 is 0 Å². The van der Waals surface area contributed by atoms with E-state index in [9.17, 15) is 39.9 Å². The van der Waals surface area contributed by atoms with Crippen LogP contribution in [0.25, 0.3) is 0 Å². The lowest BCUT2D eigenvalue weighted by molar-refractivity contribution is -0.214. The molecule has 0 saturated carbocycles.